The van der Waals surface area contributed by atoms with Crippen LogP contribution in [0.25, 0.3) is 0 Å². The van der Waals surface area contributed by atoms with Gasteiger partial charge >= 0.3 is 6.03 Å². The molecule has 2 rings (SSSR count). The summed E-state index contributed by atoms with van der Waals surface area (Å²) in [5.74, 6) is -0.605. The van der Waals surface area contributed by atoms with Crippen molar-refractivity contribution in [2.24, 2.45) is 0 Å². The number of nitrogens with one attached hydrogen (secondary N) is 3. The van der Waals surface area contributed by atoms with Gasteiger partial charge in [-0.3, -0.25) is 4.79 Å². The summed E-state index contributed by atoms with van der Waals surface area (Å²) in [6, 6.07) is 11.7. The fraction of sp³-hybridized carbons (Fsp3) is 0.333. The highest BCUT2D eigenvalue weighted by Gasteiger charge is 2.22. The van der Waals surface area contributed by atoms with E-state index >= 15 is 0 Å². The Bertz CT molecular complexity index is 798. The second-order valence-electron chi connectivity index (χ2n) is 6.55. The number of hydrogen-bond donors (Lipinski definition) is 3. The zero-order chi connectivity index (χ0) is 20.5. The Labute approximate surface area is 169 Å². The predicted molar refractivity (Wildman–Crippen MR) is 108 cm³/mol. The number of benzene rings is 2. The first-order valence-corrected chi connectivity index (χ1v) is 9.62. The molecule has 0 saturated heterocycles. The maximum Gasteiger partial charge on any atom is 0.315 e. The van der Waals surface area contributed by atoms with Crippen LogP contribution < -0.4 is 16.0 Å². The third-order valence-corrected chi connectivity index (χ3v) is 4.64. The van der Waals surface area contributed by atoms with E-state index in [2.05, 4.69) is 16.0 Å². The monoisotopic (exact) mass is 405 g/mol. The van der Waals surface area contributed by atoms with Gasteiger partial charge in [0.1, 0.15) is 11.9 Å². The van der Waals surface area contributed by atoms with Crippen molar-refractivity contribution in [2.45, 2.75) is 45.3 Å². The Morgan fingerprint density at radius 3 is 2.39 bits per heavy atom. The number of amides is 3. The molecule has 2 unspecified atom stereocenters. The van der Waals surface area contributed by atoms with Crippen LogP contribution in [0.3, 0.4) is 0 Å². The Kier molecular flexibility index (Phi) is 8.26. The van der Waals surface area contributed by atoms with Crippen molar-refractivity contribution in [1.29, 1.82) is 0 Å². The van der Waals surface area contributed by atoms with Crippen LogP contribution in [0.15, 0.2) is 48.5 Å². The van der Waals surface area contributed by atoms with Gasteiger partial charge in [-0.1, -0.05) is 55.3 Å². The van der Waals surface area contributed by atoms with Gasteiger partial charge in [-0.05, 0) is 42.7 Å². The average Bonchev–Trinajstić information content (AvgIpc) is 2.67. The molecule has 0 spiro atoms. The van der Waals surface area contributed by atoms with Gasteiger partial charge in [0.2, 0.25) is 5.91 Å². The fourth-order valence-electron chi connectivity index (χ4n) is 2.77. The molecule has 2 aromatic carbocycles. The Morgan fingerprint density at radius 1 is 1.07 bits per heavy atom. The minimum absolute atomic E-state index is 0.239. The van der Waals surface area contributed by atoms with Gasteiger partial charge < -0.3 is 16.0 Å². The van der Waals surface area contributed by atoms with E-state index in [4.69, 9.17) is 11.6 Å². The van der Waals surface area contributed by atoms with Gasteiger partial charge in [-0.25, -0.2) is 9.18 Å². The molecule has 0 saturated carbocycles. The molecule has 28 heavy (non-hydrogen) atoms. The highest BCUT2D eigenvalue weighted by atomic mass is 35.5. The lowest BCUT2D eigenvalue weighted by molar-refractivity contribution is -0.123. The smallest absolute Gasteiger partial charge is 0.315 e. The molecule has 0 bridgehead atoms. The summed E-state index contributed by atoms with van der Waals surface area (Å²) in [4.78, 5) is 24.8. The standard InChI is InChI=1S/C21H25ClFN3O2/c1-3-6-19(20(27)25-14(2)17-7-4-5-8-18(17)22)26-21(28)24-13-15-9-11-16(23)12-10-15/h4-5,7-12,14,19H,3,6,13H2,1-2H3,(H,25,27)(H2,24,26,28). The van der Waals surface area contributed by atoms with Crippen LogP contribution in [0.5, 0.6) is 0 Å². The minimum Gasteiger partial charge on any atom is -0.348 e. The summed E-state index contributed by atoms with van der Waals surface area (Å²) >= 11 is 6.18. The van der Waals surface area contributed by atoms with E-state index in [-0.39, 0.29) is 24.3 Å². The number of carbonyl (C=O) groups is 2. The first kappa shape index (κ1) is 21.7. The molecule has 2 aromatic rings. The molecule has 0 aliphatic carbocycles. The van der Waals surface area contributed by atoms with Crippen molar-refractivity contribution >= 4 is 23.5 Å². The summed E-state index contributed by atoms with van der Waals surface area (Å²) in [7, 11) is 0. The van der Waals surface area contributed by atoms with E-state index in [1.54, 1.807) is 18.2 Å². The van der Waals surface area contributed by atoms with Crippen LogP contribution in [0.4, 0.5) is 9.18 Å². The molecule has 7 heteroatoms. The lowest BCUT2D eigenvalue weighted by Crippen LogP contribution is -2.50. The van der Waals surface area contributed by atoms with Crippen molar-refractivity contribution in [3.05, 3.63) is 70.5 Å². The van der Waals surface area contributed by atoms with E-state index in [1.165, 1.54) is 12.1 Å². The van der Waals surface area contributed by atoms with Gasteiger partial charge in [-0.2, -0.15) is 0 Å². The van der Waals surface area contributed by atoms with Crippen molar-refractivity contribution in [2.75, 3.05) is 0 Å². The lowest BCUT2D eigenvalue weighted by atomic mass is 10.1. The van der Waals surface area contributed by atoms with Crippen LogP contribution in [-0.2, 0) is 11.3 Å². The number of rotatable bonds is 8. The van der Waals surface area contributed by atoms with Gasteiger partial charge in [-0.15, -0.1) is 0 Å². The molecule has 0 heterocycles. The lowest BCUT2D eigenvalue weighted by Gasteiger charge is -2.22. The van der Waals surface area contributed by atoms with E-state index in [1.807, 2.05) is 32.0 Å². The quantitative estimate of drug-likeness (QED) is 0.612. The molecule has 0 fully saturated rings. The Hall–Kier alpha value is -2.60. The van der Waals surface area contributed by atoms with Crippen LogP contribution in [0.2, 0.25) is 5.02 Å². The number of urea groups is 1. The molecule has 3 amide bonds. The molecule has 2 atom stereocenters. The number of halogens is 2. The summed E-state index contributed by atoms with van der Waals surface area (Å²) in [6.07, 6.45) is 1.24. The zero-order valence-corrected chi connectivity index (χ0v) is 16.7. The molecule has 0 radical (unpaired) electrons. The molecule has 0 aromatic heterocycles. The van der Waals surface area contributed by atoms with Crippen molar-refractivity contribution in [3.63, 3.8) is 0 Å². The van der Waals surface area contributed by atoms with Crippen LogP contribution >= 0.6 is 11.6 Å². The van der Waals surface area contributed by atoms with E-state index < -0.39 is 12.1 Å². The van der Waals surface area contributed by atoms with Gasteiger partial charge in [0.05, 0.1) is 6.04 Å². The average molecular weight is 406 g/mol. The second-order valence-corrected chi connectivity index (χ2v) is 6.95. The zero-order valence-electron chi connectivity index (χ0n) is 16.0. The maximum absolute atomic E-state index is 12.9. The molecule has 150 valence electrons. The third-order valence-electron chi connectivity index (χ3n) is 4.30. The van der Waals surface area contributed by atoms with Gasteiger partial charge in [0.15, 0.2) is 0 Å². The molecular formula is C21H25ClFN3O2. The first-order valence-electron chi connectivity index (χ1n) is 9.24. The predicted octanol–water partition coefficient (Wildman–Crippen LogP) is 4.32. The van der Waals surface area contributed by atoms with Crippen molar-refractivity contribution < 1.29 is 14.0 Å². The summed E-state index contributed by atoms with van der Waals surface area (Å²) < 4.78 is 12.9. The molecule has 3 N–H and O–H groups in total. The number of hydrogen-bond acceptors (Lipinski definition) is 2. The third kappa shape index (κ3) is 6.53. The molecular weight excluding hydrogens is 381 g/mol. The van der Waals surface area contributed by atoms with E-state index in [9.17, 15) is 14.0 Å². The summed E-state index contributed by atoms with van der Waals surface area (Å²) in [5.41, 5.74) is 1.58. The topological polar surface area (TPSA) is 70.2 Å². The van der Waals surface area contributed by atoms with Crippen LogP contribution in [0.1, 0.15) is 43.9 Å². The first-order chi connectivity index (χ1) is 13.4. The van der Waals surface area contributed by atoms with Crippen molar-refractivity contribution in [1.82, 2.24) is 16.0 Å². The molecule has 5 nitrogen and oxygen atoms in total. The molecule has 0 aliphatic rings. The normalized spacial score (nSPS) is 12.7. The van der Waals surface area contributed by atoms with Gasteiger partial charge in [0, 0.05) is 11.6 Å². The SMILES string of the molecule is CCCC(NC(=O)NCc1ccc(F)cc1)C(=O)NC(C)c1ccccc1Cl. The highest BCUT2D eigenvalue weighted by Crippen LogP contribution is 2.22. The fourth-order valence-corrected chi connectivity index (χ4v) is 3.07. The highest BCUT2D eigenvalue weighted by molar-refractivity contribution is 6.31. The van der Waals surface area contributed by atoms with Crippen LogP contribution in [-0.4, -0.2) is 18.0 Å². The minimum atomic E-state index is -0.664. The summed E-state index contributed by atoms with van der Waals surface area (Å²) in [5, 5.41) is 8.86. The van der Waals surface area contributed by atoms with E-state index in [0.29, 0.717) is 11.4 Å². The maximum atomic E-state index is 12.9. The Morgan fingerprint density at radius 2 is 1.75 bits per heavy atom. The summed E-state index contributed by atoms with van der Waals surface area (Å²) in [6.45, 7) is 4.02. The number of carbonyl (C=O) groups excluding carboxylic acids is 2. The van der Waals surface area contributed by atoms with Crippen molar-refractivity contribution in [3.8, 4) is 0 Å². The second kappa shape index (κ2) is 10.7. The Balaban J connectivity index is 1.91. The molecule has 0 aliphatic heterocycles. The van der Waals surface area contributed by atoms with Gasteiger partial charge in [0.25, 0.3) is 0 Å². The van der Waals surface area contributed by atoms with Crippen LogP contribution in [0, 0.1) is 5.82 Å². The van der Waals surface area contributed by atoms with E-state index in [0.717, 1.165) is 17.5 Å². The largest absolute Gasteiger partial charge is 0.348 e.